The summed E-state index contributed by atoms with van der Waals surface area (Å²) in [5.41, 5.74) is 8.97. The number of likely N-dealkylation sites (tertiary alicyclic amines) is 1. The molecule has 222 valence electrons. The summed E-state index contributed by atoms with van der Waals surface area (Å²) in [7, 11) is 2.05. The van der Waals surface area contributed by atoms with Crippen LogP contribution in [-0.4, -0.2) is 84.6 Å². The van der Waals surface area contributed by atoms with Crippen LogP contribution in [0.5, 0.6) is 0 Å². The highest BCUT2D eigenvalue weighted by molar-refractivity contribution is 5.91. The number of carbonyl (C=O) groups is 1. The topological polar surface area (TPSA) is 85.7 Å². The van der Waals surface area contributed by atoms with Crippen molar-refractivity contribution in [1.29, 1.82) is 0 Å². The number of anilines is 1. The van der Waals surface area contributed by atoms with Gasteiger partial charge in [-0.05, 0) is 83.2 Å². The molecule has 0 aromatic carbocycles. The van der Waals surface area contributed by atoms with Crippen molar-refractivity contribution in [3.8, 4) is 11.3 Å². The molecule has 3 aliphatic rings. The number of hydrogen-bond acceptors (Lipinski definition) is 6. The monoisotopic (exact) mass is 568 g/mol. The van der Waals surface area contributed by atoms with E-state index in [0.29, 0.717) is 24.5 Å². The van der Waals surface area contributed by atoms with Gasteiger partial charge in [0, 0.05) is 47.4 Å². The van der Waals surface area contributed by atoms with Gasteiger partial charge in [-0.25, -0.2) is 14.5 Å². The summed E-state index contributed by atoms with van der Waals surface area (Å²) in [5.74, 6) is 2.15. The van der Waals surface area contributed by atoms with Crippen LogP contribution < -0.4 is 4.90 Å². The van der Waals surface area contributed by atoms with Crippen molar-refractivity contribution >= 4 is 28.4 Å². The highest BCUT2D eigenvalue weighted by Gasteiger charge is 2.73. The third-order valence-corrected chi connectivity index (χ3v) is 10.8. The van der Waals surface area contributed by atoms with E-state index in [1.807, 2.05) is 11.6 Å². The predicted octanol–water partition coefficient (Wildman–Crippen LogP) is 5.17. The van der Waals surface area contributed by atoms with Gasteiger partial charge in [-0.2, -0.15) is 5.10 Å². The van der Waals surface area contributed by atoms with Gasteiger partial charge in [0.1, 0.15) is 12.1 Å². The highest BCUT2D eigenvalue weighted by Crippen LogP contribution is 2.64. The minimum atomic E-state index is -0.0344. The number of nitrogens with one attached hydrogen (secondary N) is 1. The number of likely N-dealkylation sites (N-methyl/N-ethyl adjacent to an activating group) is 1. The number of fused-ring (bicyclic) bond motifs is 2. The average molecular weight is 569 g/mol. The van der Waals surface area contributed by atoms with Gasteiger partial charge in [0.2, 0.25) is 5.91 Å². The first-order chi connectivity index (χ1) is 19.8. The van der Waals surface area contributed by atoms with E-state index < -0.39 is 0 Å². The first-order valence-electron chi connectivity index (χ1n) is 15.4. The van der Waals surface area contributed by atoms with Gasteiger partial charge in [-0.15, -0.1) is 0 Å². The molecule has 0 unspecified atom stereocenters. The third-order valence-electron chi connectivity index (χ3n) is 10.8. The van der Waals surface area contributed by atoms with Gasteiger partial charge >= 0.3 is 0 Å². The quantitative estimate of drug-likeness (QED) is 0.358. The smallest absolute Gasteiger partial charge is 0.236 e. The van der Waals surface area contributed by atoms with E-state index in [-0.39, 0.29) is 22.8 Å². The van der Waals surface area contributed by atoms with Gasteiger partial charge in [0.15, 0.2) is 5.65 Å². The molecule has 1 saturated carbocycles. The Hall–Kier alpha value is -3.46. The Balaban J connectivity index is 1.24. The van der Waals surface area contributed by atoms with E-state index >= 15 is 0 Å². The molecular weight excluding hydrogens is 524 g/mol. The van der Waals surface area contributed by atoms with E-state index in [1.54, 1.807) is 6.33 Å². The normalized spacial score (nSPS) is 25.4. The fourth-order valence-electron chi connectivity index (χ4n) is 8.15. The molecule has 9 nitrogen and oxygen atoms in total. The fraction of sp³-hybridized carbons (Fsp3) is 0.576. The molecular formula is C33H44N8O. The van der Waals surface area contributed by atoms with Gasteiger partial charge in [-0.3, -0.25) is 9.69 Å². The van der Waals surface area contributed by atoms with Crippen LogP contribution in [0.1, 0.15) is 70.6 Å². The van der Waals surface area contributed by atoms with Crippen LogP contribution in [0, 0.1) is 25.2 Å². The zero-order valence-electron chi connectivity index (χ0n) is 26.5. The van der Waals surface area contributed by atoms with Gasteiger partial charge in [-0.1, -0.05) is 20.8 Å². The number of aromatic nitrogens is 5. The van der Waals surface area contributed by atoms with Crippen molar-refractivity contribution in [1.82, 2.24) is 34.4 Å². The van der Waals surface area contributed by atoms with Crippen molar-refractivity contribution in [2.24, 2.45) is 11.3 Å². The molecule has 0 bridgehead atoms. The van der Waals surface area contributed by atoms with Crippen molar-refractivity contribution in [3.63, 3.8) is 0 Å². The minimum Gasteiger partial charge on any atom is -0.353 e. The molecule has 4 atom stereocenters. The van der Waals surface area contributed by atoms with Crippen LogP contribution in [0.15, 0.2) is 24.7 Å². The summed E-state index contributed by atoms with van der Waals surface area (Å²) in [6.07, 6.45) is 4.89. The molecule has 42 heavy (non-hydrogen) atoms. The van der Waals surface area contributed by atoms with E-state index in [4.69, 9.17) is 4.98 Å². The Morgan fingerprint density at radius 2 is 1.98 bits per heavy atom. The lowest BCUT2D eigenvalue weighted by molar-refractivity contribution is -0.133. The fourth-order valence-corrected chi connectivity index (χ4v) is 8.15. The maximum Gasteiger partial charge on any atom is 0.236 e. The second-order valence-electron chi connectivity index (χ2n) is 14.5. The number of hydrogen-bond donors (Lipinski definition) is 1. The number of rotatable bonds is 5. The van der Waals surface area contributed by atoms with E-state index in [0.717, 1.165) is 52.4 Å². The number of nitrogens with zero attached hydrogens (tertiary/aromatic N) is 7. The average Bonchev–Trinajstić information content (AvgIpc) is 3.62. The summed E-state index contributed by atoms with van der Waals surface area (Å²) in [6.45, 7) is 19.7. The SMILES string of the molecule is Cc1c(-c2[nH]c3ccc(N4[C@H]5CN(C(=O)CN(C)C(C)(C)C)C[C@@]56C[C@H](C)[C@H]46)nc3c2C(C)C)cn2ncnc2c1C. The molecule has 7 rings (SSSR count). The van der Waals surface area contributed by atoms with Crippen LogP contribution in [0.4, 0.5) is 5.82 Å². The lowest BCUT2D eigenvalue weighted by Crippen LogP contribution is -2.80. The summed E-state index contributed by atoms with van der Waals surface area (Å²) in [4.78, 5) is 33.8. The number of carbonyl (C=O) groups excluding carboxylic acids is 1. The zero-order valence-corrected chi connectivity index (χ0v) is 26.5. The third kappa shape index (κ3) is 3.71. The van der Waals surface area contributed by atoms with Crippen molar-refractivity contribution < 1.29 is 4.79 Å². The number of aryl methyl sites for hydroxylation is 1. The van der Waals surface area contributed by atoms with E-state index in [2.05, 4.69) is 103 Å². The predicted molar refractivity (Wildman–Crippen MR) is 167 cm³/mol. The van der Waals surface area contributed by atoms with Crippen LogP contribution in [0.3, 0.4) is 0 Å². The molecule has 0 radical (unpaired) electrons. The maximum atomic E-state index is 13.4. The zero-order chi connectivity index (χ0) is 29.9. The molecule has 1 N–H and O–H groups in total. The molecule has 1 aliphatic carbocycles. The molecule has 3 fully saturated rings. The summed E-state index contributed by atoms with van der Waals surface area (Å²) in [6, 6.07) is 5.14. The largest absolute Gasteiger partial charge is 0.353 e. The van der Waals surface area contributed by atoms with Crippen molar-refractivity contribution in [2.45, 2.75) is 85.4 Å². The summed E-state index contributed by atoms with van der Waals surface area (Å²) in [5, 5.41) is 4.44. The lowest BCUT2D eigenvalue weighted by atomic mass is 9.49. The van der Waals surface area contributed by atoms with Crippen LogP contribution in [0.25, 0.3) is 27.9 Å². The number of piperidine rings is 1. The Morgan fingerprint density at radius 1 is 1.21 bits per heavy atom. The van der Waals surface area contributed by atoms with Crippen LogP contribution >= 0.6 is 0 Å². The molecule has 4 aromatic rings. The molecule has 1 spiro atoms. The second kappa shape index (κ2) is 9.02. The number of H-pyrrole nitrogens is 1. The summed E-state index contributed by atoms with van der Waals surface area (Å²) >= 11 is 0. The van der Waals surface area contributed by atoms with Crippen LogP contribution in [-0.2, 0) is 4.79 Å². The van der Waals surface area contributed by atoms with Crippen molar-refractivity contribution in [2.75, 3.05) is 31.6 Å². The van der Waals surface area contributed by atoms with Gasteiger partial charge in [0.25, 0.3) is 0 Å². The van der Waals surface area contributed by atoms with Gasteiger partial charge in [0.05, 0.1) is 29.3 Å². The molecule has 1 amide bonds. The number of amides is 1. The number of pyridine rings is 2. The Morgan fingerprint density at radius 3 is 2.67 bits per heavy atom. The minimum absolute atomic E-state index is 0.0344. The molecule has 2 saturated heterocycles. The standard InChI is InChI=1S/C33H44N8O/c1-18(2)27-28(22-13-40-31(34-17-35-40)21(5)20(22)4)36-23-10-11-25(37-29(23)27)41-24-14-39(16-33(24)12-19(3)30(33)41)26(42)15-38(9)32(6,7)8/h10-11,13,17-19,24,30,36H,12,14-16H2,1-9H3/t19-,24-,30-,33-/m0/s1. The van der Waals surface area contributed by atoms with Gasteiger partial charge < -0.3 is 14.8 Å². The second-order valence-corrected chi connectivity index (χ2v) is 14.5. The Labute approximate surface area is 248 Å². The molecule has 9 heteroatoms. The lowest BCUT2D eigenvalue weighted by Gasteiger charge is -2.70. The Bertz CT molecular complexity index is 1730. The first kappa shape index (κ1) is 27.4. The Kier molecular flexibility index (Phi) is 5.88. The van der Waals surface area contributed by atoms with Crippen molar-refractivity contribution in [3.05, 3.63) is 41.3 Å². The number of aromatic amines is 1. The van der Waals surface area contributed by atoms with E-state index in [1.165, 1.54) is 17.5 Å². The van der Waals surface area contributed by atoms with Crippen LogP contribution in [0.2, 0.25) is 0 Å². The summed E-state index contributed by atoms with van der Waals surface area (Å²) < 4.78 is 1.87. The van der Waals surface area contributed by atoms with E-state index in [9.17, 15) is 4.79 Å². The first-order valence-corrected chi connectivity index (χ1v) is 15.4. The molecule has 4 aromatic heterocycles. The maximum absolute atomic E-state index is 13.4. The molecule has 2 aliphatic heterocycles. The highest BCUT2D eigenvalue weighted by atomic mass is 16.2. The molecule has 6 heterocycles.